The first-order valence-corrected chi connectivity index (χ1v) is 6.14. The lowest BCUT2D eigenvalue weighted by Gasteiger charge is -2.17. The topological polar surface area (TPSA) is 72.1 Å². The van der Waals surface area contributed by atoms with Gasteiger partial charge in [0.05, 0.1) is 5.02 Å². The van der Waals surface area contributed by atoms with Crippen molar-refractivity contribution in [2.75, 3.05) is 11.9 Å². The van der Waals surface area contributed by atoms with Gasteiger partial charge in [0.1, 0.15) is 5.82 Å². The summed E-state index contributed by atoms with van der Waals surface area (Å²) in [7, 11) is 1.78. The number of hydrogen-bond donors (Lipinski definition) is 1. The minimum atomic E-state index is -0.633. The molecule has 1 amide bonds. The summed E-state index contributed by atoms with van der Waals surface area (Å²) in [6.07, 6.45) is 0. The van der Waals surface area contributed by atoms with Gasteiger partial charge in [-0.2, -0.15) is 0 Å². The van der Waals surface area contributed by atoms with E-state index in [1.54, 1.807) is 24.1 Å². The lowest BCUT2D eigenvalue weighted by atomic mass is 10.2. The summed E-state index contributed by atoms with van der Waals surface area (Å²) in [5.74, 6) is -0.551. The highest BCUT2D eigenvalue weighted by Crippen LogP contribution is 2.18. The van der Waals surface area contributed by atoms with Crippen molar-refractivity contribution in [1.29, 1.82) is 0 Å². The number of primary amides is 1. The molecule has 1 aromatic heterocycles. The Balaban J connectivity index is 2.12. The first-order valence-electron chi connectivity index (χ1n) is 5.76. The molecule has 2 rings (SSSR count). The molecule has 0 atom stereocenters. The number of nitrogens with two attached hydrogens (primary N) is 1. The van der Waals surface area contributed by atoms with Gasteiger partial charge in [0.15, 0.2) is 11.5 Å². The van der Waals surface area contributed by atoms with Crippen molar-refractivity contribution in [1.82, 2.24) is 10.2 Å². The van der Waals surface area contributed by atoms with Gasteiger partial charge in [-0.1, -0.05) is 17.7 Å². The van der Waals surface area contributed by atoms with E-state index in [9.17, 15) is 9.18 Å². The zero-order chi connectivity index (χ0) is 14.7. The van der Waals surface area contributed by atoms with E-state index in [2.05, 4.69) is 10.2 Å². The summed E-state index contributed by atoms with van der Waals surface area (Å²) in [5.41, 5.74) is 5.93. The third-order valence-corrected chi connectivity index (χ3v) is 3.00. The van der Waals surface area contributed by atoms with Crippen molar-refractivity contribution in [3.05, 3.63) is 52.4 Å². The van der Waals surface area contributed by atoms with Gasteiger partial charge in [0.2, 0.25) is 0 Å². The fourth-order valence-corrected chi connectivity index (χ4v) is 1.77. The molecule has 104 valence electrons. The van der Waals surface area contributed by atoms with Crippen molar-refractivity contribution in [3.63, 3.8) is 0 Å². The first kappa shape index (κ1) is 14.2. The quantitative estimate of drug-likeness (QED) is 0.936. The van der Waals surface area contributed by atoms with Crippen LogP contribution in [0.2, 0.25) is 5.02 Å². The van der Waals surface area contributed by atoms with E-state index in [4.69, 9.17) is 17.3 Å². The van der Waals surface area contributed by atoms with Gasteiger partial charge in [0.25, 0.3) is 5.91 Å². The molecule has 0 saturated heterocycles. The second-order valence-electron chi connectivity index (χ2n) is 4.25. The molecule has 2 aromatic rings. The summed E-state index contributed by atoms with van der Waals surface area (Å²) in [4.78, 5) is 12.7. The van der Waals surface area contributed by atoms with Crippen molar-refractivity contribution in [2.24, 2.45) is 5.73 Å². The predicted molar refractivity (Wildman–Crippen MR) is 74.1 cm³/mol. The average Bonchev–Trinajstić information content (AvgIpc) is 2.43. The van der Waals surface area contributed by atoms with Gasteiger partial charge in [0, 0.05) is 13.6 Å². The zero-order valence-electron chi connectivity index (χ0n) is 10.7. The molecule has 0 aliphatic rings. The minimum absolute atomic E-state index is 0.0852. The highest BCUT2D eigenvalue weighted by molar-refractivity contribution is 6.30. The second-order valence-corrected chi connectivity index (χ2v) is 4.65. The number of amides is 1. The molecule has 0 unspecified atom stereocenters. The van der Waals surface area contributed by atoms with E-state index >= 15 is 0 Å². The van der Waals surface area contributed by atoms with Gasteiger partial charge in [-0.25, -0.2) is 4.39 Å². The highest BCUT2D eigenvalue weighted by atomic mass is 35.5. The molecule has 0 radical (unpaired) electrons. The smallest absolute Gasteiger partial charge is 0.269 e. The molecule has 1 heterocycles. The van der Waals surface area contributed by atoms with E-state index in [-0.39, 0.29) is 10.7 Å². The Hall–Kier alpha value is -2.21. The Bertz CT molecular complexity index is 633. The van der Waals surface area contributed by atoms with Crippen LogP contribution in [0.15, 0.2) is 30.3 Å². The molecule has 0 bridgehead atoms. The van der Waals surface area contributed by atoms with Crippen molar-refractivity contribution < 1.29 is 9.18 Å². The summed E-state index contributed by atoms with van der Waals surface area (Å²) >= 11 is 5.63. The Morgan fingerprint density at radius 1 is 1.35 bits per heavy atom. The third kappa shape index (κ3) is 3.21. The molecule has 0 spiro atoms. The van der Waals surface area contributed by atoms with Crippen LogP contribution in [0.5, 0.6) is 0 Å². The van der Waals surface area contributed by atoms with Crippen LogP contribution in [-0.4, -0.2) is 23.2 Å². The van der Waals surface area contributed by atoms with Gasteiger partial charge in [-0.05, 0) is 29.8 Å². The Labute approximate surface area is 120 Å². The van der Waals surface area contributed by atoms with Crippen molar-refractivity contribution in [3.8, 4) is 0 Å². The molecule has 0 aliphatic heterocycles. The summed E-state index contributed by atoms with van der Waals surface area (Å²) in [6.45, 7) is 0.429. The van der Waals surface area contributed by atoms with Gasteiger partial charge in [-0.3, -0.25) is 4.79 Å². The number of rotatable bonds is 4. The van der Waals surface area contributed by atoms with Gasteiger partial charge >= 0.3 is 0 Å². The molecule has 0 fully saturated rings. The summed E-state index contributed by atoms with van der Waals surface area (Å²) in [5, 5.41) is 7.69. The molecular formula is C13H12ClFN4O. The fraction of sp³-hybridized carbons (Fsp3) is 0.154. The lowest BCUT2D eigenvalue weighted by molar-refractivity contribution is 0.0994. The van der Waals surface area contributed by atoms with E-state index in [0.717, 1.165) is 5.56 Å². The summed E-state index contributed by atoms with van der Waals surface area (Å²) in [6, 6.07) is 7.71. The number of carbonyl (C=O) groups is 1. The number of anilines is 1. The zero-order valence-corrected chi connectivity index (χ0v) is 11.4. The lowest BCUT2D eigenvalue weighted by Crippen LogP contribution is -2.20. The second kappa shape index (κ2) is 5.83. The normalized spacial score (nSPS) is 10.3. The van der Waals surface area contributed by atoms with Crippen LogP contribution in [0.1, 0.15) is 16.1 Å². The van der Waals surface area contributed by atoms with E-state index < -0.39 is 11.7 Å². The SMILES string of the molecule is CN(Cc1ccc(Cl)c(F)c1)c1ccc(C(N)=O)nn1. The maximum atomic E-state index is 13.3. The Kier molecular flexibility index (Phi) is 4.14. The van der Waals surface area contributed by atoms with Gasteiger partial charge in [-0.15, -0.1) is 10.2 Å². The molecule has 2 N–H and O–H groups in total. The van der Waals surface area contributed by atoms with Crippen LogP contribution in [0.25, 0.3) is 0 Å². The maximum Gasteiger partial charge on any atom is 0.269 e. The summed E-state index contributed by atoms with van der Waals surface area (Å²) < 4.78 is 13.3. The first-order chi connectivity index (χ1) is 9.47. The molecule has 20 heavy (non-hydrogen) atoms. The largest absolute Gasteiger partial charge is 0.364 e. The van der Waals surface area contributed by atoms with Crippen LogP contribution >= 0.6 is 11.6 Å². The molecule has 1 aromatic carbocycles. The molecule has 0 aliphatic carbocycles. The van der Waals surface area contributed by atoms with Crippen molar-refractivity contribution in [2.45, 2.75) is 6.54 Å². The average molecular weight is 295 g/mol. The number of hydrogen-bond acceptors (Lipinski definition) is 4. The minimum Gasteiger partial charge on any atom is -0.364 e. The number of nitrogens with zero attached hydrogens (tertiary/aromatic N) is 3. The predicted octanol–water partition coefficient (Wildman–Crippen LogP) is 2.00. The van der Waals surface area contributed by atoms with Crippen molar-refractivity contribution >= 4 is 23.3 Å². The van der Waals surface area contributed by atoms with Crippen LogP contribution in [0, 0.1) is 5.82 Å². The number of benzene rings is 1. The van der Waals surface area contributed by atoms with Crippen LogP contribution in [0.4, 0.5) is 10.2 Å². The highest BCUT2D eigenvalue weighted by Gasteiger charge is 2.08. The van der Waals surface area contributed by atoms with Crippen LogP contribution < -0.4 is 10.6 Å². The molecule has 5 nitrogen and oxygen atoms in total. The van der Waals surface area contributed by atoms with Crippen LogP contribution in [-0.2, 0) is 6.54 Å². The number of carbonyl (C=O) groups excluding carboxylic acids is 1. The Morgan fingerprint density at radius 2 is 2.10 bits per heavy atom. The third-order valence-electron chi connectivity index (χ3n) is 2.70. The monoisotopic (exact) mass is 294 g/mol. The standard InChI is InChI=1S/C13H12ClFN4O/c1-19(7-8-2-3-9(14)10(15)6-8)12-5-4-11(13(16)20)17-18-12/h2-6H,7H2,1H3,(H2,16,20). The Morgan fingerprint density at radius 3 is 2.65 bits per heavy atom. The van der Waals surface area contributed by atoms with Gasteiger partial charge < -0.3 is 10.6 Å². The number of halogens is 2. The van der Waals surface area contributed by atoms with E-state index in [1.807, 2.05) is 0 Å². The molecule has 0 saturated carbocycles. The maximum absolute atomic E-state index is 13.3. The molecular weight excluding hydrogens is 283 g/mol. The van der Waals surface area contributed by atoms with E-state index in [1.165, 1.54) is 18.2 Å². The fourth-order valence-electron chi connectivity index (χ4n) is 1.65. The van der Waals surface area contributed by atoms with E-state index in [0.29, 0.717) is 12.4 Å². The van der Waals surface area contributed by atoms with Crippen LogP contribution in [0.3, 0.4) is 0 Å². The molecule has 7 heteroatoms. The number of aromatic nitrogens is 2.